The normalized spacial score (nSPS) is 10.8. The van der Waals surface area contributed by atoms with E-state index in [1.54, 1.807) is 6.07 Å². The van der Waals surface area contributed by atoms with Gasteiger partial charge in [0.25, 0.3) is 0 Å². The highest BCUT2D eigenvalue weighted by atomic mass is 19.1. The van der Waals surface area contributed by atoms with E-state index >= 15 is 0 Å². The minimum absolute atomic E-state index is 0.0609. The number of nitrogens with one attached hydrogen (secondary N) is 1. The quantitative estimate of drug-likeness (QED) is 0.796. The summed E-state index contributed by atoms with van der Waals surface area (Å²) in [6, 6.07) is 5.04. The van der Waals surface area contributed by atoms with Crippen LogP contribution in [0, 0.1) is 5.82 Å². The zero-order valence-corrected chi connectivity index (χ0v) is 9.59. The molecular weight excluding hydrogens is 207 g/mol. The lowest BCUT2D eigenvalue weighted by Crippen LogP contribution is -2.28. The van der Waals surface area contributed by atoms with Gasteiger partial charge < -0.3 is 11.1 Å². The van der Waals surface area contributed by atoms with Crippen LogP contribution in [0.5, 0.6) is 0 Å². The van der Waals surface area contributed by atoms with Crippen molar-refractivity contribution in [1.82, 2.24) is 5.32 Å². The van der Waals surface area contributed by atoms with Crippen molar-refractivity contribution < 1.29 is 9.18 Å². The first kappa shape index (κ1) is 12.6. The van der Waals surface area contributed by atoms with Crippen molar-refractivity contribution in [1.29, 1.82) is 0 Å². The summed E-state index contributed by atoms with van der Waals surface area (Å²) in [6.07, 6.45) is 0. The first-order chi connectivity index (χ1) is 7.50. The molecule has 0 atom stereocenters. The maximum absolute atomic E-state index is 13.4. The van der Waals surface area contributed by atoms with E-state index in [4.69, 9.17) is 5.73 Å². The van der Waals surface area contributed by atoms with Crippen LogP contribution in [0.3, 0.4) is 0 Å². The molecule has 0 fully saturated rings. The fraction of sp³-hybridized carbons (Fsp3) is 0.417. The number of rotatable bonds is 5. The topological polar surface area (TPSA) is 55.1 Å². The van der Waals surface area contributed by atoms with E-state index in [1.807, 2.05) is 19.9 Å². The van der Waals surface area contributed by atoms with E-state index in [0.717, 1.165) is 5.56 Å². The second-order valence-corrected chi connectivity index (χ2v) is 4.08. The van der Waals surface area contributed by atoms with Gasteiger partial charge in [-0.3, -0.25) is 4.79 Å². The van der Waals surface area contributed by atoms with Crippen LogP contribution in [0.1, 0.15) is 30.9 Å². The van der Waals surface area contributed by atoms with Gasteiger partial charge in [0.1, 0.15) is 5.82 Å². The number of primary amides is 1. The molecule has 3 nitrogen and oxygen atoms in total. The molecule has 88 valence electrons. The fourth-order valence-corrected chi connectivity index (χ4v) is 1.41. The molecule has 1 aromatic rings. The Hall–Kier alpha value is -1.42. The van der Waals surface area contributed by atoms with E-state index in [1.165, 1.54) is 6.07 Å². The van der Waals surface area contributed by atoms with Crippen LogP contribution in [0.4, 0.5) is 4.39 Å². The van der Waals surface area contributed by atoms with Crippen LogP contribution in [-0.2, 0) is 11.3 Å². The van der Waals surface area contributed by atoms with Gasteiger partial charge >= 0.3 is 0 Å². The Kier molecular flexibility index (Phi) is 4.43. The highest BCUT2D eigenvalue weighted by Gasteiger charge is 2.06. The van der Waals surface area contributed by atoms with Crippen molar-refractivity contribution in [3.05, 3.63) is 35.1 Å². The number of hydrogen-bond donors (Lipinski definition) is 2. The lowest BCUT2D eigenvalue weighted by Gasteiger charge is -2.09. The van der Waals surface area contributed by atoms with E-state index in [0.29, 0.717) is 18.0 Å². The third kappa shape index (κ3) is 3.62. The van der Waals surface area contributed by atoms with Crippen LogP contribution in [0.15, 0.2) is 18.2 Å². The van der Waals surface area contributed by atoms with Crippen molar-refractivity contribution in [3.8, 4) is 0 Å². The molecule has 0 saturated carbocycles. The summed E-state index contributed by atoms with van der Waals surface area (Å²) in [5.41, 5.74) is 6.62. The Labute approximate surface area is 94.8 Å². The minimum atomic E-state index is -0.444. The molecule has 1 rings (SSSR count). The molecule has 0 radical (unpaired) electrons. The highest BCUT2D eigenvalue weighted by molar-refractivity contribution is 5.75. The molecule has 0 aromatic heterocycles. The Morgan fingerprint density at radius 2 is 2.19 bits per heavy atom. The molecule has 16 heavy (non-hydrogen) atoms. The van der Waals surface area contributed by atoms with E-state index in [-0.39, 0.29) is 12.4 Å². The summed E-state index contributed by atoms with van der Waals surface area (Å²) in [5.74, 6) is -0.350. The second-order valence-electron chi connectivity index (χ2n) is 4.08. The largest absolute Gasteiger partial charge is 0.369 e. The van der Waals surface area contributed by atoms with E-state index in [9.17, 15) is 9.18 Å². The molecule has 3 N–H and O–H groups in total. The molecule has 0 aliphatic carbocycles. The molecule has 1 aromatic carbocycles. The molecule has 0 spiro atoms. The Morgan fingerprint density at radius 3 is 2.75 bits per heavy atom. The van der Waals surface area contributed by atoms with Crippen LogP contribution in [-0.4, -0.2) is 12.5 Å². The smallest absolute Gasteiger partial charge is 0.231 e. The fourth-order valence-electron chi connectivity index (χ4n) is 1.41. The number of halogens is 1. The lowest BCUT2D eigenvalue weighted by molar-refractivity contribution is -0.117. The zero-order valence-electron chi connectivity index (χ0n) is 9.59. The van der Waals surface area contributed by atoms with E-state index < -0.39 is 5.91 Å². The standard InChI is InChI=1S/C12H17FN2O/c1-8(2)9-3-4-11(13)10(5-9)6-15-7-12(14)16/h3-5,8,15H,6-7H2,1-2H3,(H2,14,16). The maximum atomic E-state index is 13.4. The molecule has 0 unspecified atom stereocenters. The minimum Gasteiger partial charge on any atom is -0.369 e. The third-order valence-electron chi connectivity index (χ3n) is 2.35. The van der Waals surface area contributed by atoms with Crippen LogP contribution >= 0.6 is 0 Å². The number of carbonyl (C=O) groups excluding carboxylic acids is 1. The van der Waals surface area contributed by atoms with Gasteiger partial charge in [0.15, 0.2) is 0 Å². The summed E-state index contributed by atoms with van der Waals surface area (Å²) in [4.78, 5) is 10.5. The van der Waals surface area contributed by atoms with Gasteiger partial charge in [0, 0.05) is 12.1 Å². The van der Waals surface area contributed by atoms with Gasteiger partial charge in [0.2, 0.25) is 5.91 Å². The van der Waals surface area contributed by atoms with Gasteiger partial charge in [-0.1, -0.05) is 26.0 Å². The number of amides is 1. The third-order valence-corrected chi connectivity index (χ3v) is 2.35. The maximum Gasteiger partial charge on any atom is 0.231 e. The van der Waals surface area contributed by atoms with Crippen molar-refractivity contribution in [2.75, 3.05) is 6.54 Å². The Morgan fingerprint density at radius 1 is 1.50 bits per heavy atom. The average Bonchev–Trinajstić information content (AvgIpc) is 2.20. The first-order valence-electron chi connectivity index (χ1n) is 5.28. The molecule has 0 saturated heterocycles. The van der Waals surface area contributed by atoms with Gasteiger partial charge in [-0.05, 0) is 17.5 Å². The van der Waals surface area contributed by atoms with Gasteiger partial charge in [0.05, 0.1) is 6.54 Å². The summed E-state index contributed by atoms with van der Waals surface area (Å²) in [5, 5.41) is 2.79. The predicted octanol–water partition coefficient (Wildman–Crippen LogP) is 1.52. The van der Waals surface area contributed by atoms with Gasteiger partial charge in [-0.15, -0.1) is 0 Å². The highest BCUT2D eigenvalue weighted by Crippen LogP contribution is 2.17. The second kappa shape index (κ2) is 5.61. The van der Waals surface area contributed by atoms with Crippen molar-refractivity contribution in [2.24, 2.45) is 5.73 Å². The molecule has 4 heteroatoms. The number of carbonyl (C=O) groups is 1. The first-order valence-corrected chi connectivity index (χ1v) is 5.28. The molecule has 0 aliphatic rings. The van der Waals surface area contributed by atoms with Crippen molar-refractivity contribution in [3.63, 3.8) is 0 Å². The SMILES string of the molecule is CC(C)c1ccc(F)c(CNCC(N)=O)c1. The van der Waals surface area contributed by atoms with Crippen LogP contribution in [0.2, 0.25) is 0 Å². The van der Waals surface area contributed by atoms with Gasteiger partial charge in [-0.2, -0.15) is 0 Å². The predicted molar refractivity (Wildman–Crippen MR) is 61.4 cm³/mol. The molecule has 0 aliphatic heterocycles. The molecule has 0 heterocycles. The van der Waals surface area contributed by atoms with Crippen LogP contribution in [0.25, 0.3) is 0 Å². The summed E-state index contributed by atoms with van der Waals surface area (Å²) < 4.78 is 13.4. The van der Waals surface area contributed by atoms with Crippen molar-refractivity contribution in [2.45, 2.75) is 26.3 Å². The zero-order chi connectivity index (χ0) is 12.1. The average molecular weight is 224 g/mol. The van der Waals surface area contributed by atoms with E-state index in [2.05, 4.69) is 5.32 Å². The van der Waals surface area contributed by atoms with Crippen LogP contribution < -0.4 is 11.1 Å². The molecule has 0 bridgehead atoms. The Balaban J connectivity index is 2.70. The molecular formula is C12H17FN2O. The summed E-state index contributed by atoms with van der Waals surface area (Å²) in [7, 11) is 0. The number of benzene rings is 1. The number of hydrogen-bond acceptors (Lipinski definition) is 2. The molecule has 1 amide bonds. The summed E-state index contributed by atoms with van der Waals surface area (Å²) in [6.45, 7) is 4.47. The number of nitrogens with two attached hydrogens (primary N) is 1. The summed E-state index contributed by atoms with van der Waals surface area (Å²) >= 11 is 0. The lowest BCUT2D eigenvalue weighted by atomic mass is 10.0. The Bertz CT molecular complexity index is 377. The monoisotopic (exact) mass is 224 g/mol. The van der Waals surface area contributed by atoms with Gasteiger partial charge in [-0.25, -0.2) is 4.39 Å². The van der Waals surface area contributed by atoms with Crippen molar-refractivity contribution >= 4 is 5.91 Å².